The second-order valence-corrected chi connectivity index (χ2v) is 6.81. The molecule has 0 aliphatic heterocycles. The predicted molar refractivity (Wildman–Crippen MR) is 73.4 cm³/mol. The molecule has 0 aliphatic rings. The number of halogens is 1. The molecule has 2 atom stereocenters. The van der Waals surface area contributed by atoms with Crippen molar-refractivity contribution in [1.82, 2.24) is 0 Å². The van der Waals surface area contributed by atoms with Gasteiger partial charge in [0.25, 0.3) is 0 Å². The minimum atomic E-state index is -0.169. The van der Waals surface area contributed by atoms with E-state index in [1.165, 1.54) is 32.1 Å². The first-order chi connectivity index (χ1) is 7.26. The monoisotopic (exact) mass is 252 g/mol. The van der Waals surface area contributed by atoms with Gasteiger partial charge in [-0.25, -0.2) is 0 Å². The number of hydrogen-bond donors (Lipinski definition) is 0. The van der Waals surface area contributed by atoms with E-state index in [9.17, 15) is 4.39 Å². The van der Waals surface area contributed by atoms with E-state index in [-0.39, 0.29) is 6.67 Å². The van der Waals surface area contributed by atoms with Crippen LogP contribution < -0.4 is 0 Å². The van der Waals surface area contributed by atoms with Crippen LogP contribution in [0.2, 0.25) is 0 Å². The molecule has 0 bridgehead atoms. The summed E-state index contributed by atoms with van der Waals surface area (Å²) in [5.74, 6) is 0.662. The highest BCUT2D eigenvalue weighted by Crippen LogP contribution is 2.33. The Morgan fingerprint density at radius 2 is 1.87 bits per heavy atom. The fourth-order valence-electron chi connectivity index (χ4n) is 1.74. The van der Waals surface area contributed by atoms with Crippen LogP contribution in [-0.4, -0.2) is 18.2 Å². The molecule has 15 heavy (non-hydrogen) atoms. The zero-order chi connectivity index (χ0) is 11.5. The summed E-state index contributed by atoms with van der Waals surface area (Å²) in [6.45, 7) is 4.34. The van der Waals surface area contributed by atoms with Crippen LogP contribution in [0.1, 0.15) is 52.4 Å². The zero-order valence-electron chi connectivity index (χ0n) is 10.3. The SMILES string of the molecule is CCCCCCC(C)C(CCF)SSC. The summed E-state index contributed by atoms with van der Waals surface area (Å²) in [7, 11) is 3.62. The van der Waals surface area contributed by atoms with Crippen LogP contribution in [0.5, 0.6) is 0 Å². The van der Waals surface area contributed by atoms with Gasteiger partial charge in [-0.05, 0) is 25.0 Å². The molecule has 0 nitrogen and oxygen atoms in total. The number of alkyl halides is 1. The van der Waals surface area contributed by atoms with E-state index in [0.29, 0.717) is 11.2 Å². The Labute approximate surface area is 103 Å². The van der Waals surface area contributed by atoms with Gasteiger partial charge in [0, 0.05) is 5.25 Å². The summed E-state index contributed by atoms with van der Waals surface area (Å²) in [4.78, 5) is 0. The van der Waals surface area contributed by atoms with Crippen LogP contribution >= 0.6 is 21.6 Å². The van der Waals surface area contributed by atoms with Gasteiger partial charge in [0.05, 0.1) is 6.67 Å². The van der Waals surface area contributed by atoms with Crippen LogP contribution in [0, 0.1) is 5.92 Å². The fraction of sp³-hybridized carbons (Fsp3) is 1.00. The summed E-state index contributed by atoms with van der Waals surface area (Å²) in [5, 5.41) is 0.506. The average Bonchev–Trinajstić information content (AvgIpc) is 2.24. The Morgan fingerprint density at radius 1 is 1.13 bits per heavy atom. The third-order valence-electron chi connectivity index (χ3n) is 2.76. The molecule has 3 heteroatoms. The van der Waals surface area contributed by atoms with Crippen molar-refractivity contribution >= 4 is 21.6 Å². The Balaban J connectivity index is 3.65. The third kappa shape index (κ3) is 8.44. The molecule has 0 spiro atoms. The smallest absolute Gasteiger partial charge is 0.0905 e. The maximum atomic E-state index is 12.3. The first-order valence-corrected chi connectivity index (χ1v) is 8.63. The summed E-state index contributed by atoms with van der Waals surface area (Å²) < 4.78 is 12.3. The molecular formula is C12H25FS2. The van der Waals surface area contributed by atoms with Crippen LogP contribution in [0.15, 0.2) is 0 Å². The largest absolute Gasteiger partial charge is 0.251 e. The predicted octanol–water partition coefficient (Wildman–Crippen LogP) is 5.33. The van der Waals surface area contributed by atoms with E-state index in [0.717, 1.165) is 6.42 Å². The Hall–Kier alpha value is 0.630. The quantitative estimate of drug-likeness (QED) is 0.380. The highest BCUT2D eigenvalue weighted by atomic mass is 33.1. The van der Waals surface area contributed by atoms with Gasteiger partial charge in [0.15, 0.2) is 0 Å². The Bertz CT molecular complexity index is 125. The average molecular weight is 252 g/mol. The molecule has 0 aliphatic carbocycles. The van der Waals surface area contributed by atoms with E-state index in [1.807, 2.05) is 10.8 Å². The normalized spacial score (nSPS) is 15.2. The highest BCUT2D eigenvalue weighted by molar-refractivity contribution is 8.76. The lowest BCUT2D eigenvalue weighted by molar-refractivity contribution is 0.405. The molecule has 92 valence electrons. The maximum absolute atomic E-state index is 12.3. The lowest BCUT2D eigenvalue weighted by Crippen LogP contribution is -2.14. The standard InChI is InChI=1S/C12H25FS2/c1-4-5-6-7-8-11(2)12(9-10-13)15-14-3/h11-12H,4-10H2,1-3H3. The van der Waals surface area contributed by atoms with Gasteiger partial charge < -0.3 is 0 Å². The fourth-order valence-corrected chi connectivity index (χ4v) is 4.10. The second kappa shape index (κ2) is 11.1. The van der Waals surface area contributed by atoms with Gasteiger partial charge in [-0.2, -0.15) is 0 Å². The Kier molecular flexibility index (Phi) is 11.6. The highest BCUT2D eigenvalue weighted by Gasteiger charge is 2.16. The number of unbranched alkanes of at least 4 members (excludes halogenated alkanes) is 3. The summed E-state index contributed by atoms with van der Waals surface area (Å²) in [5.41, 5.74) is 0. The zero-order valence-corrected chi connectivity index (χ0v) is 11.9. The molecule has 2 unspecified atom stereocenters. The molecular weight excluding hydrogens is 227 g/mol. The molecule has 0 aromatic heterocycles. The second-order valence-electron chi connectivity index (χ2n) is 4.11. The van der Waals surface area contributed by atoms with E-state index < -0.39 is 0 Å². The van der Waals surface area contributed by atoms with Gasteiger partial charge in [0.1, 0.15) is 0 Å². The van der Waals surface area contributed by atoms with Gasteiger partial charge in [0.2, 0.25) is 0 Å². The summed E-state index contributed by atoms with van der Waals surface area (Å²) in [6.07, 6.45) is 9.36. The first kappa shape index (κ1) is 15.6. The van der Waals surface area contributed by atoms with E-state index >= 15 is 0 Å². The van der Waals surface area contributed by atoms with Crippen LogP contribution in [0.4, 0.5) is 4.39 Å². The van der Waals surface area contributed by atoms with Gasteiger partial charge in [-0.3, -0.25) is 4.39 Å². The number of rotatable bonds is 10. The van der Waals surface area contributed by atoms with Crippen molar-refractivity contribution in [2.75, 3.05) is 12.9 Å². The third-order valence-corrected chi connectivity index (χ3v) is 5.22. The molecule has 0 N–H and O–H groups in total. The van der Waals surface area contributed by atoms with Crippen molar-refractivity contribution in [2.24, 2.45) is 5.92 Å². The van der Waals surface area contributed by atoms with E-state index in [1.54, 1.807) is 10.8 Å². The first-order valence-electron chi connectivity index (χ1n) is 6.01. The molecule has 0 aromatic rings. The van der Waals surface area contributed by atoms with Crippen LogP contribution in [0.3, 0.4) is 0 Å². The van der Waals surface area contributed by atoms with Crippen molar-refractivity contribution in [3.05, 3.63) is 0 Å². The van der Waals surface area contributed by atoms with E-state index in [2.05, 4.69) is 20.1 Å². The topological polar surface area (TPSA) is 0 Å². The van der Waals surface area contributed by atoms with Crippen molar-refractivity contribution in [3.63, 3.8) is 0 Å². The van der Waals surface area contributed by atoms with Crippen molar-refractivity contribution in [1.29, 1.82) is 0 Å². The molecule has 0 aromatic carbocycles. The lowest BCUT2D eigenvalue weighted by atomic mass is 9.97. The van der Waals surface area contributed by atoms with Gasteiger partial charge in [-0.1, -0.05) is 61.1 Å². The van der Waals surface area contributed by atoms with Gasteiger partial charge >= 0.3 is 0 Å². The maximum Gasteiger partial charge on any atom is 0.0905 e. The summed E-state index contributed by atoms with van der Waals surface area (Å²) >= 11 is 0. The Morgan fingerprint density at radius 3 is 2.40 bits per heavy atom. The van der Waals surface area contributed by atoms with Crippen molar-refractivity contribution < 1.29 is 4.39 Å². The molecule has 0 fully saturated rings. The minimum absolute atomic E-state index is 0.169. The van der Waals surface area contributed by atoms with E-state index in [4.69, 9.17) is 0 Å². The minimum Gasteiger partial charge on any atom is -0.251 e. The van der Waals surface area contributed by atoms with Crippen LogP contribution in [0.25, 0.3) is 0 Å². The lowest BCUT2D eigenvalue weighted by Gasteiger charge is -2.21. The molecule has 0 saturated heterocycles. The molecule has 0 saturated carbocycles. The van der Waals surface area contributed by atoms with Crippen molar-refractivity contribution in [2.45, 2.75) is 57.6 Å². The van der Waals surface area contributed by atoms with Crippen molar-refractivity contribution in [3.8, 4) is 0 Å². The van der Waals surface area contributed by atoms with Gasteiger partial charge in [-0.15, -0.1) is 0 Å². The summed E-state index contributed by atoms with van der Waals surface area (Å²) in [6, 6.07) is 0. The molecule has 0 radical (unpaired) electrons. The molecule has 0 heterocycles. The molecule has 0 amide bonds. The molecule has 0 rings (SSSR count). The van der Waals surface area contributed by atoms with Crippen LogP contribution in [-0.2, 0) is 0 Å². The number of hydrogen-bond acceptors (Lipinski definition) is 2.